The van der Waals surface area contributed by atoms with Crippen LogP contribution in [-0.4, -0.2) is 44.3 Å². The second kappa shape index (κ2) is 5.83. The zero-order valence-electron chi connectivity index (χ0n) is 10.5. The van der Waals surface area contributed by atoms with Crippen molar-refractivity contribution in [2.75, 3.05) is 39.4 Å². The van der Waals surface area contributed by atoms with Crippen molar-refractivity contribution < 1.29 is 4.74 Å². The van der Waals surface area contributed by atoms with E-state index in [4.69, 9.17) is 10.5 Å². The summed E-state index contributed by atoms with van der Waals surface area (Å²) in [5.74, 6) is 0.840. The fourth-order valence-electron chi connectivity index (χ4n) is 2.12. The van der Waals surface area contributed by atoms with Gasteiger partial charge in [0.05, 0.1) is 13.2 Å². The topological polar surface area (TPSA) is 38.5 Å². The molecule has 90 valence electrons. The van der Waals surface area contributed by atoms with Gasteiger partial charge in [0.25, 0.3) is 0 Å². The van der Waals surface area contributed by atoms with Gasteiger partial charge in [-0.25, -0.2) is 0 Å². The molecule has 0 aromatic heterocycles. The van der Waals surface area contributed by atoms with E-state index in [9.17, 15) is 0 Å². The molecule has 2 N–H and O–H groups in total. The third-order valence-electron chi connectivity index (χ3n) is 3.31. The van der Waals surface area contributed by atoms with Crippen LogP contribution in [0.3, 0.4) is 0 Å². The first kappa shape index (κ1) is 12.9. The smallest absolute Gasteiger partial charge is 0.0594 e. The van der Waals surface area contributed by atoms with Crippen molar-refractivity contribution in [1.29, 1.82) is 0 Å². The summed E-state index contributed by atoms with van der Waals surface area (Å²) >= 11 is 0. The maximum atomic E-state index is 5.40. The molecule has 15 heavy (non-hydrogen) atoms. The average Bonchev–Trinajstić information content (AvgIpc) is 2.60. The molecule has 1 aliphatic rings. The summed E-state index contributed by atoms with van der Waals surface area (Å²) in [7, 11) is 0. The van der Waals surface area contributed by atoms with E-state index in [1.54, 1.807) is 0 Å². The SMILES string of the molecule is CC(C)(C)C1CCN(CCOCCN)C1. The third-order valence-corrected chi connectivity index (χ3v) is 3.31. The first-order chi connectivity index (χ1) is 7.04. The van der Waals surface area contributed by atoms with Crippen LogP contribution in [0, 0.1) is 11.3 Å². The molecule has 0 aliphatic carbocycles. The molecule has 1 rings (SSSR count). The third kappa shape index (κ3) is 4.49. The van der Waals surface area contributed by atoms with Crippen LogP contribution in [-0.2, 0) is 4.74 Å². The van der Waals surface area contributed by atoms with Crippen molar-refractivity contribution in [3.05, 3.63) is 0 Å². The molecular formula is C12H26N2O. The van der Waals surface area contributed by atoms with E-state index in [0.29, 0.717) is 18.6 Å². The molecule has 0 radical (unpaired) electrons. The molecule has 0 aromatic carbocycles. The van der Waals surface area contributed by atoms with E-state index < -0.39 is 0 Å². The van der Waals surface area contributed by atoms with Crippen molar-refractivity contribution in [1.82, 2.24) is 4.90 Å². The molecular weight excluding hydrogens is 188 g/mol. The van der Waals surface area contributed by atoms with E-state index >= 15 is 0 Å². The maximum absolute atomic E-state index is 5.40. The van der Waals surface area contributed by atoms with Gasteiger partial charge >= 0.3 is 0 Å². The molecule has 1 heterocycles. The second-order valence-electron chi connectivity index (χ2n) is 5.55. The van der Waals surface area contributed by atoms with Gasteiger partial charge < -0.3 is 15.4 Å². The van der Waals surface area contributed by atoms with E-state index in [1.165, 1.54) is 19.5 Å². The summed E-state index contributed by atoms with van der Waals surface area (Å²) in [6.07, 6.45) is 1.33. The zero-order valence-corrected chi connectivity index (χ0v) is 10.5. The van der Waals surface area contributed by atoms with Gasteiger partial charge in [-0.2, -0.15) is 0 Å². The summed E-state index contributed by atoms with van der Waals surface area (Å²) in [6, 6.07) is 0. The van der Waals surface area contributed by atoms with Crippen LogP contribution in [0.5, 0.6) is 0 Å². The monoisotopic (exact) mass is 214 g/mol. The zero-order chi connectivity index (χ0) is 11.3. The lowest BCUT2D eigenvalue weighted by Crippen LogP contribution is -2.29. The Balaban J connectivity index is 2.14. The van der Waals surface area contributed by atoms with Crippen LogP contribution in [0.15, 0.2) is 0 Å². The summed E-state index contributed by atoms with van der Waals surface area (Å²) in [5, 5.41) is 0. The standard InChI is InChI=1S/C12H26N2O/c1-12(2,3)11-4-6-14(10-11)7-9-15-8-5-13/h11H,4-10,13H2,1-3H3. The molecule has 1 unspecified atom stereocenters. The van der Waals surface area contributed by atoms with E-state index in [1.807, 2.05) is 0 Å². The Hall–Kier alpha value is -0.120. The van der Waals surface area contributed by atoms with Crippen molar-refractivity contribution in [3.8, 4) is 0 Å². The fraction of sp³-hybridized carbons (Fsp3) is 1.00. The van der Waals surface area contributed by atoms with Crippen LogP contribution in [0.25, 0.3) is 0 Å². The first-order valence-electron chi connectivity index (χ1n) is 6.04. The van der Waals surface area contributed by atoms with Crippen LogP contribution < -0.4 is 5.73 Å². The lowest BCUT2D eigenvalue weighted by atomic mass is 9.80. The van der Waals surface area contributed by atoms with Crippen LogP contribution in [0.4, 0.5) is 0 Å². The number of rotatable bonds is 5. The molecule has 1 fully saturated rings. The van der Waals surface area contributed by atoms with E-state index in [0.717, 1.165) is 19.1 Å². The Kier molecular flexibility index (Phi) is 5.03. The maximum Gasteiger partial charge on any atom is 0.0594 e. The Bertz CT molecular complexity index is 177. The van der Waals surface area contributed by atoms with Gasteiger partial charge in [-0.05, 0) is 24.3 Å². The lowest BCUT2D eigenvalue weighted by Gasteiger charge is -2.27. The summed E-state index contributed by atoms with van der Waals surface area (Å²) in [5.41, 5.74) is 5.81. The normalized spacial score (nSPS) is 23.6. The first-order valence-corrected chi connectivity index (χ1v) is 6.04. The van der Waals surface area contributed by atoms with Crippen molar-refractivity contribution in [2.24, 2.45) is 17.1 Å². The quantitative estimate of drug-likeness (QED) is 0.702. The minimum absolute atomic E-state index is 0.451. The minimum atomic E-state index is 0.451. The molecule has 0 saturated carbocycles. The molecule has 0 spiro atoms. The second-order valence-corrected chi connectivity index (χ2v) is 5.55. The van der Waals surface area contributed by atoms with E-state index in [-0.39, 0.29) is 0 Å². The van der Waals surface area contributed by atoms with E-state index in [2.05, 4.69) is 25.7 Å². The highest BCUT2D eigenvalue weighted by Gasteiger charge is 2.31. The Morgan fingerprint density at radius 1 is 1.33 bits per heavy atom. The number of hydrogen-bond donors (Lipinski definition) is 1. The van der Waals surface area contributed by atoms with Gasteiger partial charge in [0.15, 0.2) is 0 Å². The van der Waals surface area contributed by atoms with Gasteiger partial charge in [0, 0.05) is 19.6 Å². The largest absolute Gasteiger partial charge is 0.379 e. The van der Waals surface area contributed by atoms with Crippen LogP contribution >= 0.6 is 0 Å². The van der Waals surface area contributed by atoms with Crippen LogP contribution in [0.2, 0.25) is 0 Å². The Morgan fingerprint density at radius 3 is 2.60 bits per heavy atom. The highest BCUT2D eigenvalue weighted by Crippen LogP contribution is 2.33. The minimum Gasteiger partial charge on any atom is -0.379 e. The molecule has 3 nitrogen and oxygen atoms in total. The molecule has 0 aromatic rings. The summed E-state index contributed by atoms with van der Waals surface area (Å²) in [4.78, 5) is 2.51. The van der Waals surface area contributed by atoms with Crippen LogP contribution in [0.1, 0.15) is 27.2 Å². The van der Waals surface area contributed by atoms with Crippen molar-refractivity contribution >= 4 is 0 Å². The van der Waals surface area contributed by atoms with Crippen molar-refractivity contribution in [3.63, 3.8) is 0 Å². The molecule has 1 aliphatic heterocycles. The number of nitrogens with zero attached hydrogens (tertiary/aromatic N) is 1. The molecule has 0 bridgehead atoms. The lowest BCUT2D eigenvalue weighted by molar-refractivity contribution is 0.113. The highest BCUT2D eigenvalue weighted by molar-refractivity contribution is 4.83. The highest BCUT2D eigenvalue weighted by atomic mass is 16.5. The molecule has 3 heteroatoms. The Labute approximate surface area is 94.0 Å². The number of nitrogens with two attached hydrogens (primary N) is 1. The average molecular weight is 214 g/mol. The summed E-state index contributed by atoms with van der Waals surface area (Å²) < 4.78 is 5.40. The van der Waals surface area contributed by atoms with Gasteiger partial charge in [0.1, 0.15) is 0 Å². The fourth-order valence-corrected chi connectivity index (χ4v) is 2.12. The van der Waals surface area contributed by atoms with Crippen molar-refractivity contribution in [2.45, 2.75) is 27.2 Å². The Morgan fingerprint density at radius 2 is 2.07 bits per heavy atom. The summed E-state index contributed by atoms with van der Waals surface area (Å²) in [6.45, 7) is 12.7. The van der Waals surface area contributed by atoms with Gasteiger partial charge in [0.2, 0.25) is 0 Å². The van der Waals surface area contributed by atoms with Gasteiger partial charge in [-0.3, -0.25) is 0 Å². The molecule has 1 saturated heterocycles. The number of hydrogen-bond acceptors (Lipinski definition) is 3. The number of ether oxygens (including phenoxy) is 1. The number of likely N-dealkylation sites (tertiary alicyclic amines) is 1. The van der Waals surface area contributed by atoms with Gasteiger partial charge in [-0.1, -0.05) is 20.8 Å². The van der Waals surface area contributed by atoms with Gasteiger partial charge in [-0.15, -0.1) is 0 Å². The molecule has 1 atom stereocenters. The predicted molar refractivity (Wildman–Crippen MR) is 63.9 cm³/mol. The predicted octanol–water partition coefficient (Wildman–Crippen LogP) is 1.33. The molecule has 0 amide bonds.